The van der Waals surface area contributed by atoms with Crippen LogP contribution in [-0.4, -0.2) is 18.4 Å². The van der Waals surface area contributed by atoms with E-state index in [0.717, 1.165) is 11.1 Å². The third-order valence-corrected chi connectivity index (χ3v) is 3.63. The van der Waals surface area contributed by atoms with Gasteiger partial charge in [-0.1, -0.05) is 25.3 Å². The maximum absolute atomic E-state index is 10.3. The molecule has 1 N–H and O–H groups in total. The third kappa shape index (κ3) is 2.68. The average molecular weight is 231 g/mol. The number of hydrogen-bond donors (Lipinski definition) is 1. The van der Waals surface area contributed by atoms with Gasteiger partial charge in [0.1, 0.15) is 5.75 Å². The van der Waals surface area contributed by atoms with E-state index in [1.807, 2.05) is 6.07 Å². The van der Waals surface area contributed by atoms with Crippen LogP contribution in [0, 0.1) is 6.92 Å². The quantitative estimate of drug-likeness (QED) is 0.771. The van der Waals surface area contributed by atoms with Gasteiger partial charge in [0, 0.05) is 18.8 Å². The van der Waals surface area contributed by atoms with Crippen molar-refractivity contribution in [1.29, 1.82) is 0 Å². The van der Waals surface area contributed by atoms with Crippen molar-refractivity contribution in [2.75, 3.05) is 7.05 Å². The fourth-order valence-corrected chi connectivity index (χ4v) is 2.80. The van der Waals surface area contributed by atoms with Gasteiger partial charge >= 0.3 is 0 Å². The van der Waals surface area contributed by atoms with E-state index in [0.29, 0.717) is 11.7 Å². The monoisotopic (exact) mass is 231 g/mol. The zero-order chi connectivity index (χ0) is 12.3. The molecule has 0 amide bonds. The lowest BCUT2D eigenvalue weighted by Gasteiger charge is -2.23. The molecular weight excluding hydrogens is 210 g/mol. The standard InChI is InChI=1S/C15H21NO/c1-11-8-13(10-16-2)15(17)14(9-11)12-6-4-3-5-7-12/h8-10,12,17H,3-7H2,1-2H3. The zero-order valence-corrected chi connectivity index (χ0v) is 10.7. The number of aliphatic imine (C=N–C) groups is 1. The maximum atomic E-state index is 10.3. The Morgan fingerprint density at radius 2 is 1.94 bits per heavy atom. The predicted molar refractivity (Wildman–Crippen MR) is 72.2 cm³/mol. The number of phenols is 1. The van der Waals surface area contributed by atoms with E-state index in [-0.39, 0.29) is 0 Å². The number of benzene rings is 1. The highest BCUT2D eigenvalue weighted by Crippen LogP contribution is 2.38. The molecular formula is C15H21NO. The second kappa shape index (κ2) is 5.35. The number of rotatable bonds is 2. The van der Waals surface area contributed by atoms with Crippen molar-refractivity contribution in [3.05, 3.63) is 28.8 Å². The van der Waals surface area contributed by atoms with E-state index in [1.54, 1.807) is 13.3 Å². The highest BCUT2D eigenvalue weighted by molar-refractivity contribution is 5.84. The third-order valence-electron chi connectivity index (χ3n) is 3.63. The first-order valence-electron chi connectivity index (χ1n) is 6.48. The van der Waals surface area contributed by atoms with Crippen molar-refractivity contribution in [3.8, 4) is 5.75 Å². The highest BCUT2D eigenvalue weighted by Gasteiger charge is 2.20. The van der Waals surface area contributed by atoms with Crippen molar-refractivity contribution in [2.24, 2.45) is 4.99 Å². The first-order chi connectivity index (χ1) is 8.22. The van der Waals surface area contributed by atoms with E-state index in [1.165, 1.54) is 37.7 Å². The summed E-state index contributed by atoms with van der Waals surface area (Å²) in [5.74, 6) is 0.973. The van der Waals surface area contributed by atoms with Crippen molar-refractivity contribution in [3.63, 3.8) is 0 Å². The Bertz CT molecular complexity index is 417. The topological polar surface area (TPSA) is 32.6 Å². The molecule has 1 aliphatic rings. The van der Waals surface area contributed by atoms with Crippen LogP contribution in [0.3, 0.4) is 0 Å². The molecule has 1 fully saturated rings. The molecule has 0 unspecified atom stereocenters. The lowest BCUT2D eigenvalue weighted by molar-refractivity contribution is 0.414. The molecule has 2 rings (SSSR count). The van der Waals surface area contributed by atoms with Crippen molar-refractivity contribution in [1.82, 2.24) is 0 Å². The molecule has 0 aliphatic heterocycles. The molecule has 0 spiro atoms. The molecule has 1 aromatic carbocycles. The normalized spacial score (nSPS) is 17.8. The summed E-state index contributed by atoms with van der Waals surface area (Å²) in [5, 5.41) is 10.3. The molecule has 1 aromatic rings. The summed E-state index contributed by atoms with van der Waals surface area (Å²) in [6, 6.07) is 4.13. The first-order valence-corrected chi connectivity index (χ1v) is 6.48. The van der Waals surface area contributed by atoms with E-state index >= 15 is 0 Å². The van der Waals surface area contributed by atoms with Crippen LogP contribution in [0.5, 0.6) is 5.75 Å². The summed E-state index contributed by atoms with van der Waals surface area (Å²) < 4.78 is 0. The lowest BCUT2D eigenvalue weighted by Crippen LogP contribution is -2.06. The maximum Gasteiger partial charge on any atom is 0.127 e. The van der Waals surface area contributed by atoms with E-state index < -0.39 is 0 Å². The Labute approximate surface area is 103 Å². The Morgan fingerprint density at radius 1 is 1.24 bits per heavy atom. The van der Waals surface area contributed by atoms with Gasteiger partial charge in [-0.25, -0.2) is 0 Å². The second-order valence-corrected chi connectivity index (χ2v) is 5.01. The minimum Gasteiger partial charge on any atom is -0.507 e. The number of aryl methyl sites for hydroxylation is 1. The first kappa shape index (κ1) is 12.2. The molecule has 1 saturated carbocycles. The summed E-state index contributed by atoms with van der Waals surface area (Å²) in [4.78, 5) is 4.01. The van der Waals surface area contributed by atoms with Crippen molar-refractivity contribution in [2.45, 2.75) is 44.9 Å². The van der Waals surface area contributed by atoms with E-state index in [2.05, 4.69) is 18.0 Å². The molecule has 0 aromatic heterocycles. The van der Waals surface area contributed by atoms with Crippen LogP contribution in [0.4, 0.5) is 0 Å². The van der Waals surface area contributed by atoms with Gasteiger partial charge in [-0.2, -0.15) is 0 Å². The van der Waals surface area contributed by atoms with Gasteiger partial charge in [0.05, 0.1) is 0 Å². The van der Waals surface area contributed by atoms with Crippen LogP contribution in [-0.2, 0) is 0 Å². The smallest absolute Gasteiger partial charge is 0.127 e. The molecule has 17 heavy (non-hydrogen) atoms. The summed E-state index contributed by atoms with van der Waals surface area (Å²) >= 11 is 0. The number of nitrogens with zero attached hydrogens (tertiary/aromatic N) is 1. The average Bonchev–Trinajstić information content (AvgIpc) is 2.35. The fourth-order valence-electron chi connectivity index (χ4n) is 2.80. The van der Waals surface area contributed by atoms with Gasteiger partial charge in [-0.15, -0.1) is 0 Å². The minimum absolute atomic E-state index is 0.438. The Morgan fingerprint density at radius 3 is 2.59 bits per heavy atom. The number of aromatic hydroxyl groups is 1. The Balaban J connectivity index is 2.38. The molecule has 0 radical (unpaired) electrons. The van der Waals surface area contributed by atoms with Crippen LogP contribution in [0.1, 0.15) is 54.7 Å². The van der Waals surface area contributed by atoms with Crippen LogP contribution >= 0.6 is 0 Å². The van der Waals surface area contributed by atoms with E-state index in [4.69, 9.17) is 0 Å². The molecule has 1 aliphatic carbocycles. The van der Waals surface area contributed by atoms with Gasteiger partial charge in [0.15, 0.2) is 0 Å². The van der Waals surface area contributed by atoms with Crippen molar-refractivity contribution >= 4 is 6.21 Å². The van der Waals surface area contributed by atoms with Crippen LogP contribution in [0.2, 0.25) is 0 Å². The zero-order valence-electron chi connectivity index (χ0n) is 10.7. The minimum atomic E-state index is 0.438. The predicted octanol–water partition coefficient (Wildman–Crippen LogP) is 3.80. The van der Waals surface area contributed by atoms with Gasteiger partial charge in [-0.3, -0.25) is 4.99 Å². The lowest BCUT2D eigenvalue weighted by atomic mass is 9.82. The number of hydrogen-bond acceptors (Lipinski definition) is 2. The van der Waals surface area contributed by atoms with Gasteiger partial charge in [-0.05, 0) is 42.9 Å². The van der Waals surface area contributed by atoms with Crippen LogP contribution in [0.15, 0.2) is 17.1 Å². The number of phenolic OH excluding ortho intramolecular Hbond substituents is 1. The van der Waals surface area contributed by atoms with Crippen molar-refractivity contribution < 1.29 is 5.11 Å². The summed E-state index contributed by atoms with van der Waals surface area (Å²) in [7, 11) is 1.74. The fraction of sp³-hybridized carbons (Fsp3) is 0.533. The molecule has 0 bridgehead atoms. The molecule has 92 valence electrons. The second-order valence-electron chi connectivity index (χ2n) is 5.01. The molecule has 2 heteroatoms. The summed E-state index contributed by atoms with van der Waals surface area (Å²) in [5.41, 5.74) is 3.19. The molecule has 0 atom stereocenters. The van der Waals surface area contributed by atoms with E-state index in [9.17, 15) is 5.11 Å². The summed E-state index contributed by atoms with van der Waals surface area (Å²) in [6.45, 7) is 2.08. The Kier molecular flexibility index (Phi) is 3.82. The molecule has 2 nitrogen and oxygen atoms in total. The van der Waals surface area contributed by atoms with Gasteiger partial charge in [0.25, 0.3) is 0 Å². The molecule has 0 heterocycles. The van der Waals surface area contributed by atoms with Gasteiger partial charge < -0.3 is 5.11 Å². The highest BCUT2D eigenvalue weighted by atomic mass is 16.3. The van der Waals surface area contributed by atoms with Crippen LogP contribution in [0.25, 0.3) is 0 Å². The van der Waals surface area contributed by atoms with Gasteiger partial charge in [0.2, 0.25) is 0 Å². The summed E-state index contributed by atoms with van der Waals surface area (Å²) in [6.07, 6.45) is 8.07. The Hall–Kier alpha value is -1.31. The van der Waals surface area contributed by atoms with Crippen LogP contribution < -0.4 is 0 Å². The molecule has 0 saturated heterocycles. The largest absolute Gasteiger partial charge is 0.507 e. The SMILES string of the molecule is CN=Cc1cc(C)cc(C2CCCCC2)c1O.